The maximum absolute atomic E-state index is 17.2. The molecule has 2 bridgehead atoms. The Bertz CT molecular complexity index is 3240. The van der Waals surface area contributed by atoms with Gasteiger partial charge in [-0.2, -0.15) is 9.97 Å². The summed E-state index contributed by atoms with van der Waals surface area (Å²) in [6.07, 6.45) is 12.1. The van der Waals surface area contributed by atoms with Crippen LogP contribution in [-0.4, -0.2) is 133 Å². The van der Waals surface area contributed by atoms with E-state index in [1.54, 1.807) is 35.7 Å². The Morgan fingerprint density at radius 1 is 1.04 bits per heavy atom. The smallest absolute Gasteiger partial charge is 0.319 e. The number of phenolic OH excluding ortho intramolecular Hbond substituents is 1. The zero-order valence-corrected chi connectivity index (χ0v) is 45.6. The number of carbonyl (C=O) groups excluding carboxylic acids is 3. The lowest BCUT2D eigenvalue weighted by Gasteiger charge is -2.36. The molecule has 0 aliphatic carbocycles. The Morgan fingerprint density at radius 2 is 1.81 bits per heavy atom. The van der Waals surface area contributed by atoms with E-state index < -0.39 is 40.9 Å². The van der Waals surface area contributed by atoms with Gasteiger partial charge in [-0.1, -0.05) is 63.1 Å². The predicted octanol–water partition coefficient (Wildman–Crippen LogP) is 7.82. The van der Waals surface area contributed by atoms with E-state index >= 15 is 4.39 Å². The number of pyridine rings is 1. The van der Waals surface area contributed by atoms with E-state index in [1.807, 2.05) is 70.5 Å². The number of fused-ring (bicyclic) bond motifs is 4. The van der Waals surface area contributed by atoms with Gasteiger partial charge in [-0.25, -0.2) is 9.37 Å². The molecule has 4 aliphatic heterocycles. The molecule has 3 amide bonds. The van der Waals surface area contributed by atoms with E-state index in [0.29, 0.717) is 65.6 Å². The Labute approximate surface area is 453 Å². The van der Waals surface area contributed by atoms with Crippen molar-refractivity contribution in [2.45, 2.75) is 135 Å². The number of carbonyl (C=O) groups is 3. The first-order valence-electron chi connectivity index (χ1n) is 26.9. The van der Waals surface area contributed by atoms with Crippen LogP contribution in [0.2, 0.25) is 0 Å². The van der Waals surface area contributed by atoms with Crippen LogP contribution in [0, 0.1) is 30.5 Å². The van der Waals surface area contributed by atoms with Gasteiger partial charge in [0.05, 0.1) is 39.2 Å². The van der Waals surface area contributed by atoms with Gasteiger partial charge in [0, 0.05) is 67.3 Å². The van der Waals surface area contributed by atoms with Crippen LogP contribution in [0.5, 0.6) is 11.8 Å². The van der Waals surface area contributed by atoms with Crippen molar-refractivity contribution in [3.63, 3.8) is 0 Å². The zero-order chi connectivity index (χ0) is 54.3. The molecule has 0 saturated carbocycles. The fraction of sp³-hybridized carbons (Fsp3) is 0.475. The van der Waals surface area contributed by atoms with Crippen molar-refractivity contribution >= 4 is 56.6 Å². The topological polar surface area (TPSA) is 198 Å². The van der Waals surface area contributed by atoms with E-state index in [4.69, 9.17) is 21.1 Å². The number of unbranched alkanes of at least 4 members (excludes halogenated alkanes) is 1. The standard InChI is InChI=1S/C59H69FN10O6S/c1-8-36-13-11-14-39-25-42(71)26-44(48(36)39)50-49(60)51-45(28-61-50)54(68-29-40-20-21-41(30-68)64-40)67-57(66-51)76-32-59(7)22-12-24-69(59)23-10-9-15-47(73)65-53(58(4,5)6)56(75)70-31-43(72)27-46(70)55(74)63-34(2)37-16-18-38(19-17-37)52-35(3)62-33-77-52/h1,11,13-14,16-19,25-26,28,33-34,40-41,43,46,53,64,71-72H,9-10,12,15,20-24,27,29-32H2,2-7H3,(H,63,74)(H,65,73)/t34-,40?,41?,43+,46-,53+,59-/m0/s1. The number of thiazole rings is 1. The van der Waals surface area contributed by atoms with Crippen molar-refractivity contribution in [2.75, 3.05) is 44.2 Å². The number of nitrogens with one attached hydrogen (secondary N) is 3. The minimum atomic E-state index is -0.932. The Kier molecular flexibility index (Phi) is 15.3. The summed E-state index contributed by atoms with van der Waals surface area (Å²) in [4.78, 5) is 67.7. The summed E-state index contributed by atoms with van der Waals surface area (Å²) in [5.41, 5.74) is 4.61. The second kappa shape index (κ2) is 21.9. The summed E-state index contributed by atoms with van der Waals surface area (Å²) < 4.78 is 23.8. The molecule has 16 nitrogen and oxygen atoms in total. The number of hydrogen-bond acceptors (Lipinski definition) is 14. The van der Waals surface area contributed by atoms with Gasteiger partial charge < -0.3 is 40.7 Å². The lowest BCUT2D eigenvalue weighted by atomic mass is 9.85. The highest BCUT2D eigenvalue weighted by molar-refractivity contribution is 7.13. The minimum Gasteiger partial charge on any atom is -0.508 e. The van der Waals surface area contributed by atoms with Crippen molar-refractivity contribution in [1.82, 2.24) is 45.7 Å². The molecule has 18 heteroatoms. The van der Waals surface area contributed by atoms with Crippen molar-refractivity contribution in [3.05, 3.63) is 88.9 Å². The number of phenols is 1. The van der Waals surface area contributed by atoms with Crippen LogP contribution in [0.25, 0.3) is 43.4 Å². The lowest BCUT2D eigenvalue weighted by Crippen LogP contribution is -2.57. The van der Waals surface area contributed by atoms with Crippen molar-refractivity contribution in [3.8, 4) is 45.8 Å². The first-order valence-corrected chi connectivity index (χ1v) is 27.8. The summed E-state index contributed by atoms with van der Waals surface area (Å²) in [6.45, 7) is 14.8. The van der Waals surface area contributed by atoms with Crippen LogP contribution >= 0.6 is 11.3 Å². The number of piperazine rings is 1. The molecule has 0 radical (unpaired) electrons. The number of likely N-dealkylation sites (tertiary alicyclic amines) is 2. The van der Waals surface area contributed by atoms with E-state index in [2.05, 4.69) is 48.6 Å². The number of halogens is 1. The Balaban J connectivity index is 0.781. The van der Waals surface area contributed by atoms with Gasteiger partial charge in [-0.3, -0.25) is 24.3 Å². The van der Waals surface area contributed by atoms with E-state index in [1.165, 1.54) is 11.0 Å². The molecule has 10 rings (SSSR count). The number of aliphatic hydroxyl groups excluding tert-OH is 1. The monoisotopic (exact) mass is 1060 g/mol. The fourth-order valence-electron chi connectivity index (χ4n) is 11.9. The van der Waals surface area contributed by atoms with Gasteiger partial charge in [-0.15, -0.1) is 17.8 Å². The van der Waals surface area contributed by atoms with Gasteiger partial charge in [-0.05, 0) is 113 Å². The highest BCUT2D eigenvalue weighted by Gasteiger charge is 2.45. The summed E-state index contributed by atoms with van der Waals surface area (Å²) >= 11 is 1.58. The highest BCUT2D eigenvalue weighted by Crippen LogP contribution is 2.40. The van der Waals surface area contributed by atoms with E-state index in [0.717, 1.165) is 53.9 Å². The molecule has 0 spiro atoms. The zero-order valence-electron chi connectivity index (χ0n) is 44.7. The molecular weight excluding hydrogens is 996 g/mol. The van der Waals surface area contributed by atoms with Crippen LogP contribution in [0.15, 0.2) is 66.3 Å². The van der Waals surface area contributed by atoms with Gasteiger partial charge in [0.25, 0.3) is 0 Å². The molecule has 4 aliphatic rings. The number of amides is 3. The molecular formula is C59H69FN10O6S. The maximum Gasteiger partial charge on any atom is 0.319 e. The average Bonchev–Trinajstić information content (AvgIpc) is 4.22. The van der Waals surface area contributed by atoms with Gasteiger partial charge >= 0.3 is 6.01 Å². The summed E-state index contributed by atoms with van der Waals surface area (Å²) in [5.74, 6) is 1.51. The summed E-state index contributed by atoms with van der Waals surface area (Å²) in [7, 11) is 0. The molecule has 404 valence electrons. The number of benzene rings is 3. The number of nitrogens with zero attached hydrogens (tertiary/aromatic N) is 7. The maximum atomic E-state index is 17.2. The van der Waals surface area contributed by atoms with Crippen molar-refractivity contribution < 1.29 is 33.7 Å². The third-order valence-electron chi connectivity index (χ3n) is 16.1. The molecule has 3 aromatic carbocycles. The molecule has 4 fully saturated rings. The number of terminal acetylenes is 1. The SMILES string of the molecule is C#Cc1cccc2cc(O)cc(-c3ncc4c(N5CC6CCC(C5)N6)nc(OC[C@]5(C)CCCN5CCCCC(=O)N[C@H](C(=O)N5C[C@H](O)C[C@H]5C(=O)N[C@@H](C)c5ccc(-c6scnc6C)cc5)C(C)(C)C)nc4c3F)c12. The predicted molar refractivity (Wildman–Crippen MR) is 297 cm³/mol. The number of rotatable bonds is 16. The average molecular weight is 1070 g/mol. The number of anilines is 1. The quantitative estimate of drug-likeness (QED) is 0.0465. The first kappa shape index (κ1) is 53.6. The number of aryl methyl sites for hydroxylation is 1. The van der Waals surface area contributed by atoms with Crippen LogP contribution in [0.1, 0.15) is 109 Å². The first-order chi connectivity index (χ1) is 36.9. The third kappa shape index (κ3) is 11.2. The lowest BCUT2D eigenvalue weighted by molar-refractivity contribution is -0.144. The van der Waals surface area contributed by atoms with Crippen LogP contribution in [-0.2, 0) is 14.4 Å². The minimum absolute atomic E-state index is 0.00640. The molecule has 7 heterocycles. The van der Waals surface area contributed by atoms with Gasteiger partial charge in [0.1, 0.15) is 41.5 Å². The number of β-amino-alcohol motifs (C(OH)–C–C–N with tert-alkyl or cyclic N) is 1. The molecule has 2 unspecified atom stereocenters. The third-order valence-corrected chi connectivity index (χ3v) is 17.1. The van der Waals surface area contributed by atoms with Crippen LogP contribution < -0.4 is 25.6 Å². The van der Waals surface area contributed by atoms with Crippen LogP contribution in [0.4, 0.5) is 10.2 Å². The normalized spacial score (nSPS) is 22.3. The highest BCUT2D eigenvalue weighted by atomic mass is 32.1. The number of aromatic nitrogens is 4. The molecule has 3 aromatic heterocycles. The fourth-order valence-corrected chi connectivity index (χ4v) is 12.7. The number of ether oxygens (including phenoxy) is 1. The molecule has 77 heavy (non-hydrogen) atoms. The largest absolute Gasteiger partial charge is 0.508 e. The summed E-state index contributed by atoms with van der Waals surface area (Å²) in [6, 6.07) is 14.9. The van der Waals surface area contributed by atoms with Gasteiger partial charge in [0.2, 0.25) is 17.7 Å². The molecule has 6 aromatic rings. The number of aromatic hydroxyl groups is 1. The Morgan fingerprint density at radius 3 is 2.52 bits per heavy atom. The number of hydrogen-bond donors (Lipinski definition) is 5. The molecule has 7 atom stereocenters. The Hall–Kier alpha value is -6.78. The van der Waals surface area contributed by atoms with Crippen LogP contribution in [0.3, 0.4) is 0 Å². The molecule has 4 saturated heterocycles. The van der Waals surface area contributed by atoms with Gasteiger partial charge in [0.15, 0.2) is 5.82 Å². The second-order valence-corrected chi connectivity index (χ2v) is 23.7. The number of aliphatic hydroxyl groups is 1. The van der Waals surface area contributed by atoms with E-state index in [9.17, 15) is 24.6 Å². The van der Waals surface area contributed by atoms with Crippen molar-refractivity contribution in [2.24, 2.45) is 5.41 Å². The van der Waals surface area contributed by atoms with E-state index in [-0.39, 0.29) is 78.9 Å². The van der Waals surface area contributed by atoms with Crippen molar-refractivity contribution in [1.29, 1.82) is 0 Å². The molecule has 5 N–H and O–H groups in total. The summed E-state index contributed by atoms with van der Waals surface area (Å²) in [5, 5.41) is 33.0. The second-order valence-electron chi connectivity index (χ2n) is 22.8.